The second kappa shape index (κ2) is 25.8. The van der Waals surface area contributed by atoms with Crippen LogP contribution in [0.5, 0.6) is 0 Å². The lowest BCUT2D eigenvalue weighted by Crippen LogP contribution is -1.85. The molecule has 0 N–H and O–H groups in total. The Bertz CT molecular complexity index is 2510. The Hall–Kier alpha value is -2.73. The van der Waals surface area contributed by atoms with Gasteiger partial charge in [-0.15, -0.1) is 90.7 Å². The number of thiophene rings is 8. The summed E-state index contributed by atoms with van der Waals surface area (Å²) in [7, 11) is 0. The molecule has 0 radical (unpaired) electrons. The highest BCUT2D eigenvalue weighted by molar-refractivity contribution is 7.30. The van der Waals surface area contributed by atoms with Crippen LogP contribution in [0.4, 0.5) is 5.00 Å². The molecule has 8 heterocycles. The third-order valence-electron chi connectivity index (χ3n) is 12.4. The molecule has 66 heavy (non-hydrogen) atoms. The van der Waals surface area contributed by atoms with Gasteiger partial charge >= 0.3 is 0 Å². The summed E-state index contributed by atoms with van der Waals surface area (Å²) in [6.45, 7) is 9.20. The van der Waals surface area contributed by atoms with Crippen molar-refractivity contribution in [1.29, 1.82) is 0 Å². The monoisotopic (exact) mass is 1020 g/mol. The molecule has 0 bridgehead atoms. The molecule has 0 unspecified atom stereocenters. The average molecular weight is 1020 g/mol. The van der Waals surface area contributed by atoms with E-state index in [2.05, 4.69) is 117 Å². The van der Waals surface area contributed by atoms with E-state index in [0.717, 1.165) is 17.8 Å². The van der Waals surface area contributed by atoms with Crippen molar-refractivity contribution in [3.63, 3.8) is 0 Å². The summed E-state index contributed by atoms with van der Waals surface area (Å²) in [5, 5.41) is 5.69. The second-order valence-corrected chi connectivity index (χ2v) is 25.9. The smallest absolute Gasteiger partial charge is 0.116 e. The Morgan fingerprint density at radius 3 is 1.14 bits per heavy atom. The summed E-state index contributed by atoms with van der Waals surface area (Å²) in [6, 6.07) is 28.5. The van der Waals surface area contributed by atoms with E-state index in [1.807, 2.05) is 90.7 Å². The molecular formula is C57H67NS8. The number of unbranched alkanes of at least 4 members (excludes halogenated alkanes) is 12. The first-order valence-electron chi connectivity index (χ1n) is 24.9. The Kier molecular flexibility index (Phi) is 19.4. The molecule has 0 saturated carbocycles. The standard InChI is InChI=1S/C57H67NS8/c1-5-9-13-17-21-40-33-35-59-54(40)49-29-25-45(62-49)47-27-31-51(64-47)56-42(23-19-15-11-7-3)37-44(61-56)39-58-53-38-43(24-20-16-12-8-4)57(66-53)52-32-28-48(65-52)46-26-30-50(63-46)55-41(34-36-60-55)22-18-14-10-6-2/h25-39H,5-24H2,1-4H3/b58-39+. The molecule has 348 valence electrons. The fraction of sp³-hybridized carbons (Fsp3) is 0.421. The van der Waals surface area contributed by atoms with Gasteiger partial charge in [-0.25, -0.2) is 4.99 Å². The lowest BCUT2D eigenvalue weighted by atomic mass is 10.1. The zero-order valence-electron chi connectivity index (χ0n) is 39.5. The average Bonchev–Trinajstić information content (AvgIpc) is 4.17. The first kappa shape index (κ1) is 49.7. The summed E-state index contributed by atoms with van der Waals surface area (Å²) in [5.74, 6) is 0. The van der Waals surface area contributed by atoms with Gasteiger partial charge in [-0.3, -0.25) is 0 Å². The molecule has 9 heteroatoms. The van der Waals surface area contributed by atoms with Crippen LogP contribution in [0.1, 0.15) is 158 Å². The summed E-state index contributed by atoms with van der Waals surface area (Å²) in [4.78, 5) is 23.4. The molecule has 0 amide bonds. The summed E-state index contributed by atoms with van der Waals surface area (Å²) < 4.78 is 0. The lowest BCUT2D eigenvalue weighted by Gasteiger charge is -2.02. The van der Waals surface area contributed by atoms with Crippen LogP contribution in [0, 0.1) is 0 Å². The lowest BCUT2D eigenvalue weighted by molar-refractivity contribution is 0.668. The minimum Gasteiger partial charge on any atom is -0.245 e. The quantitative estimate of drug-likeness (QED) is 0.0342. The fourth-order valence-corrected chi connectivity index (χ4v) is 17.6. The Morgan fingerprint density at radius 2 is 0.712 bits per heavy atom. The van der Waals surface area contributed by atoms with Crippen LogP contribution in [0.3, 0.4) is 0 Å². The van der Waals surface area contributed by atoms with Crippen molar-refractivity contribution in [3.8, 4) is 58.5 Å². The van der Waals surface area contributed by atoms with E-state index in [-0.39, 0.29) is 0 Å². The minimum absolute atomic E-state index is 1.11. The highest BCUT2D eigenvalue weighted by Crippen LogP contribution is 2.48. The summed E-state index contributed by atoms with van der Waals surface area (Å²) in [5.41, 5.74) is 6.00. The molecular weight excluding hydrogens is 955 g/mol. The van der Waals surface area contributed by atoms with Crippen molar-refractivity contribution in [3.05, 3.63) is 111 Å². The van der Waals surface area contributed by atoms with E-state index >= 15 is 0 Å². The molecule has 0 aliphatic carbocycles. The van der Waals surface area contributed by atoms with Gasteiger partial charge in [0, 0.05) is 69.6 Å². The van der Waals surface area contributed by atoms with Crippen molar-refractivity contribution in [2.75, 3.05) is 0 Å². The van der Waals surface area contributed by atoms with E-state index in [1.165, 1.54) is 201 Å². The molecule has 0 spiro atoms. The number of hydrogen-bond acceptors (Lipinski definition) is 9. The topological polar surface area (TPSA) is 12.4 Å². The van der Waals surface area contributed by atoms with Crippen LogP contribution >= 0.6 is 90.7 Å². The molecule has 8 aromatic heterocycles. The van der Waals surface area contributed by atoms with Gasteiger partial charge in [0.25, 0.3) is 0 Å². The zero-order valence-corrected chi connectivity index (χ0v) is 46.0. The van der Waals surface area contributed by atoms with Crippen molar-refractivity contribution in [2.45, 2.75) is 156 Å². The molecule has 0 fully saturated rings. The number of hydrogen-bond donors (Lipinski definition) is 0. The number of aliphatic imine (C=N–C) groups is 1. The van der Waals surface area contributed by atoms with E-state index in [4.69, 9.17) is 4.99 Å². The Morgan fingerprint density at radius 1 is 0.348 bits per heavy atom. The molecule has 0 atom stereocenters. The highest BCUT2D eigenvalue weighted by atomic mass is 32.1. The van der Waals surface area contributed by atoms with Crippen molar-refractivity contribution < 1.29 is 0 Å². The van der Waals surface area contributed by atoms with Crippen LogP contribution in [0.25, 0.3) is 58.5 Å². The molecule has 0 aliphatic heterocycles. The van der Waals surface area contributed by atoms with E-state index in [1.54, 1.807) is 0 Å². The molecule has 0 saturated heterocycles. The second-order valence-electron chi connectivity index (χ2n) is 17.6. The molecule has 8 aromatic rings. The molecule has 8 rings (SSSR count). The van der Waals surface area contributed by atoms with Crippen molar-refractivity contribution in [1.82, 2.24) is 0 Å². The van der Waals surface area contributed by atoms with Gasteiger partial charge in [-0.2, -0.15) is 0 Å². The third kappa shape index (κ3) is 13.1. The van der Waals surface area contributed by atoms with E-state index in [0.29, 0.717) is 0 Å². The normalized spacial score (nSPS) is 11.9. The summed E-state index contributed by atoms with van der Waals surface area (Å²) >= 11 is 15.5. The number of nitrogens with zero attached hydrogens (tertiary/aromatic N) is 1. The zero-order chi connectivity index (χ0) is 45.5. The maximum absolute atomic E-state index is 5.25. The van der Waals surface area contributed by atoms with Gasteiger partial charge in [0.15, 0.2) is 0 Å². The molecule has 1 nitrogen and oxygen atoms in total. The number of rotatable bonds is 28. The summed E-state index contributed by atoms with van der Waals surface area (Å²) in [6.07, 6.45) is 27.4. The maximum atomic E-state index is 5.25. The predicted octanol–water partition coefficient (Wildman–Crippen LogP) is 22.4. The van der Waals surface area contributed by atoms with Crippen LogP contribution in [-0.2, 0) is 25.7 Å². The van der Waals surface area contributed by atoms with Crippen LogP contribution in [-0.4, -0.2) is 6.21 Å². The van der Waals surface area contributed by atoms with Gasteiger partial charge in [-0.1, -0.05) is 105 Å². The van der Waals surface area contributed by atoms with Gasteiger partial charge in [-0.05, 0) is 157 Å². The van der Waals surface area contributed by atoms with E-state index < -0.39 is 0 Å². The fourth-order valence-electron chi connectivity index (χ4n) is 8.74. The van der Waals surface area contributed by atoms with Crippen LogP contribution in [0.2, 0.25) is 0 Å². The van der Waals surface area contributed by atoms with Crippen LogP contribution < -0.4 is 0 Å². The van der Waals surface area contributed by atoms with Crippen LogP contribution in [0.15, 0.2) is 88.5 Å². The minimum atomic E-state index is 1.11. The highest BCUT2D eigenvalue weighted by Gasteiger charge is 2.19. The maximum Gasteiger partial charge on any atom is 0.116 e. The Balaban J connectivity index is 1.01. The van der Waals surface area contributed by atoms with E-state index in [9.17, 15) is 0 Å². The first-order chi connectivity index (χ1) is 32.5. The first-order valence-corrected chi connectivity index (χ1v) is 31.5. The largest absolute Gasteiger partial charge is 0.245 e. The van der Waals surface area contributed by atoms with Gasteiger partial charge in [0.1, 0.15) is 5.00 Å². The van der Waals surface area contributed by atoms with Crippen molar-refractivity contribution >= 4 is 102 Å². The Labute approximate surface area is 428 Å². The van der Waals surface area contributed by atoms with Gasteiger partial charge in [0.2, 0.25) is 0 Å². The SMILES string of the molecule is CCCCCCc1ccsc1-c1ccc(-c2ccc(-c3sc(/C=N/c4cc(CCCCCC)c(-c5ccc(-c6ccc(-c7sccc7CCCCCC)s6)s5)s4)cc3CCCCCC)s2)s1. The van der Waals surface area contributed by atoms with Crippen molar-refractivity contribution in [2.24, 2.45) is 4.99 Å². The number of aryl methyl sites for hydroxylation is 4. The van der Waals surface area contributed by atoms with Gasteiger partial charge < -0.3 is 0 Å². The predicted molar refractivity (Wildman–Crippen MR) is 307 cm³/mol. The molecule has 0 aromatic carbocycles. The molecule has 0 aliphatic rings. The van der Waals surface area contributed by atoms with Gasteiger partial charge in [0.05, 0.1) is 0 Å². The third-order valence-corrected chi connectivity index (χ3v) is 22.0.